The minimum absolute atomic E-state index is 0.313. The summed E-state index contributed by atoms with van der Waals surface area (Å²) in [5.41, 5.74) is 4.35. The summed E-state index contributed by atoms with van der Waals surface area (Å²) in [6.45, 7) is 5.15. The summed E-state index contributed by atoms with van der Waals surface area (Å²) in [6, 6.07) is 18.9. The van der Waals surface area contributed by atoms with Crippen molar-refractivity contribution in [3.63, 3.8) is 0 Å². The highest BCUT2D eigenvalue weighted by Crippen LogP contribution is 2.39. The van der Waals surface area contributed by atoms with E-state index in [2.05, 4.69) is 37.3 Å². The Hall–Kier alpha value is -5.29. The van der Waals surface area contributed by atoms with Crippen LogP contribution in [0.4, 0.5) is 34.5 Å². The van der Waals surface area contributed by atoms with Crippen molar-refractivity contribution in [2.24, 2.45) is 0 Å². The van der Waals surface area contributed by atoms with Crippen LogP contribution in [0, 0.1) is 0 Å². The number of amides is 1. The lowest BCUT2D eigenvalue weighted by molar-refractivity contribution is -0.111. The van der Waals surface area contributed by atoms with Crippen LogP contribution in [-0.4, -0.2) is 76.3 Å². The molecule has 11 heteroatoms. The Balaban J connectivity index is 1.76. The molecule has 4 rings (SSSR count). The standard InChI is InChI=1S/C33H39N7O4/c1-8-31(41)35-26-19-27(30(44-7)20-28(26)40(4)18-17-39(2)3)37-33-34-21-24(22-13-15-23(42-5)16-14-22)32(38-33)36-25-11-9-10-12-29(25)43-6/h8-16,19-21H,1,17-18H2,2-7H3,(H,35,41)(H2,34,36,37,38). The predicted molar refractivity (Wildman–Crippen MR) is 177 cm³/mol. The van der Waals surface area contributed by atoms with E-state index >= 15 is 0 Å². The zero-order valence-corrected chi connectivity index (χ0v) is 26.0. The van der Waals surface area contributed by atoms with Crippen LogP contribution in [0.5, 0.6) is 17.2 Å². The van der Waals surface area contributed by atoms with Crippen molar-refractivity contribution in [2.45, 2.75) is 0 Å². The van der Waals surface area contributed by atoms with Gasteiger partial charge in [0.1, 0.15) is 23.1 Å². The van der Waals surface area contributed by atoms with Crippen molar-refractivity contribution in [1.29, 1.82) is 0 Å². The summed E-state index contributed by atoms with van der Waals surface area (Å²) in [6.07, 6.45) is 2.98. The largest absolute Gasteiger partial charge is 0.497 e. The number of hydrogen-bond donors (Lipinski definition) is 3. The van der Waals surface area contributed by atoms with Gasteiger partial charge in [0.25, 0.3) is 0 Å². The normalized spacial score (nSPS) is 10.6. The lowest BCUT2D eigenvalue weighted by Gasteiger charge is -2.26. The Morgan fingerprint density at radius 2 is 1.59 bits per heavy atom. The predicted octanol–water partition coefficient (Wildman–Crippen LogP) is 5.78. The van der Waals surface area contributed by atoms with Crippen molar-refractivity contribution in [2.75, 3.05) is 76.4 Å². The van der Waals surface area contributed by atoms with Gasteiger partial charge in [-0.05, 0) is 56.1 Å². The summed E-state index contributed by atoms with van der Waals surface area (Å²) in [5, 5.41) is 9.61. The zero-order chi connectivity index (χ0) is 31.6. The van der Waals surface area contributed by atoms with E-state index in [0.717, 1.165) is 41.3 Å². The number of hydrogen-bond acceptors (Lipinski definition) is 10. The Morgan fingerprint density at radius 1 is 0.864 bits per heavy atom. The molecule has 230 valence electrons. The second kappa shape index (κ2) is 14.7. The molecule has 3 aromatic carbocycles. The molecule has 11 nitrogen and oxygen atoms in total. The lowest BCUT2D eigenvalue weighted by atomic mass is 10.1. The van der Waals surface area contributed by atoms with Crippen LogP contribution >= 0.6 is 0 Å². The fourth-order valence-corrected chi connectivity index (χ4v) is 4.42. The molecule has 0 radical (unpaired) electrons. The molecular weight excluding hydrogens is 558 g/mol. The molecule has 1 amide bonds. The molecule has 1 heterocycles. The third-order valence-electron chi connectivity index (χ3n) is 6.85. The van der Waals surface area contributed by atoms with E-state index in [0.29, 0.717) is 34.6 Å². The molecule has 0 bridgehead atoms. The number of anilines is 6. The maximum atomic E-state index is 12.4. The van der Waals surface area contributed by atoms with Gasteiger partial charge in [0.2, 0.25) is 11.9 Å². The van der Waals surface area contributed by atoms with Gasteiger partial charge < -0.3 is 40.0 Å². The highest BCUT2D eigenvalue weighted by molar-refractivity contribution is 6.02. The van der Waals surface area contributed by atoms with Gasteiger partial charge in [0.15, 0.2) is 0 Å². The van der Waals surface area contributed by atoms with Crippen molar-refractivity contribution >= 4 is 40.4 Å². The summed E-state index contributed by atoms with van der Waals surface area (Å²) in [4.78, 5) is 26.0. The molecule has 0 aliphatic rings. The summed E-state index contributed by atoms with van der Waals surface area (Å²) in [5.74, 6) is 2.50. The molecule has 1 aromatic heterocycles. The number of nitrogens with zero attached hydrogens (tertiary/aromatic N) is 4. The van der Waals surface area contributed by atoms with Gasteiger partial charge in [0, 0.05) is 38.0 Å². The molecule has 0 saturated heterocycles. The molecule has 0 spiro atoms. The Labute approximate surface area is 258 Å². The van der Waals surface area contributed by atoms with Crippen LogP contribution in [0.25, 0.3) is 11.1 Å². The number of nitrogens with one attached hydrogen (secondary N) is 3. The van der Waals surface area contributed by atoms with Crippen molar-refractivity contribution in [1.82, 2.24) is 14.9 Å². The van der Waals surface area contributed by atoms with Gasteiger partial charge >= 0.3 is 0 Å². The highest BCUT2D eigenvalue weighted by Gasteiger charge is 2.18. The lowest BCUT2D eigenvalue weighted by Crippen LogP contribution is -2.29. The summed E-state index contributed by atoms with van der Waals surface area (Å²) < 4.78 is 16.7. The average molecular weight is 598 g/mol. The maximum Gasteiger partial charge on any atom is 0.247 e. The smallest absolute Gasteiger partial charge is 0.247 e. The first kappa shape index (κ1) is 31.6. The molecule has 0 unspecified atom stereocenters. The van der Waals surface area contributed by atoms with Gasteiger partial charge in [0.05, 0.1) is 44.1 Å². The molecule has 3 N–H and O–H groups in total. The number of aromatic nitrogens is 2. The van der Waals surface area contributed by atoms with E-state index in [-0.39, 0.29) is 5.91 Å². The molecule has 0 saturated carbocycles. The van der Waals surface area contributed by atoms with Crippen molar-refractivity contribution in [3.8, 4) is 28.4 Å². The summed E-state index contributed by atoms with van der Waals surface area (Å²) >= 11 is 0. The van der Waals surface area contributed by atoms with Crippen molar-refractivity contribution in [3.05, 3.63) is 79.5 Å². The van der Waals surface area contributed by atoms with Crippen LogP contribution in [0.1, 0.15) is 0 Å². The minimum atomic E-state index is -0.327. The highest BCUT2D eigenvalue weighted by atomic mass is 16.5. The zero-order valence-electron chi connectivity index (χ0n) is 26.0. The number of para-hydroxylation sites is 2. The third-order valence-corrected chi connectivity index (χ3v) is 6.85. The van der Waals surface area contributed by atoms with Crippen LogP contribution in [0.2, 0.25) is 0 Å². The van der Waals surface area contributed by atoms with E-state index in [9.17, 15) is 4.79 Å². The van der Waals surface area contributed by atoms with Crippen LogP contribution in [0.3, 0.4) is 0 Å². The Kier molecular flexibility index (Phi) is 10.6. The minimum Gasteiger partial charge on any atom is -0.497 e. The molecule has 0 aliphatic heterocycles. The first-order chi connectivity index (χ1) is 21.3. The third kappa shape index (κ3) is 7.75. The number of benzene rings is 3. The first-order valence-corrected chi connectivity index (χ1v) is 14.0. The van der Waals surface area contributed by atoms with Gasteiger partial charge in [-0.1, -0.05) is 30.8 Å². The Morgan fingerprint density at radius 3 is 2.25 bits per heavy atom. The number of carbonyl (C=O) groups excluding carboxylic acids is 1. The van der Waals surface area contributed by atoms with E-state index in [1.54, 1.807) is 33.6 Å². The average Bonchev–Trinajstić information content (AvgIpc) is 3.04. The number of methoxy groups -OCH3 is 3. The van der Waals surface area contributed by atoms with Gasteiger partial charge in [-0.25, -0.2) is 4.98 Å². The number of ether oxygens (including phenoxy) is 3. The second-order valence-corrected chi connectivity index (χ2v) is 10.1. The molecule has 0 atom stereocenters. The van der Waals surface area contributed by atoms with Crippen LogP contribution in [-0.2, 0) is 4.79 Å². The monoisotopic (exact) mass is 597 g/mol. The van der Waals surface area contributed by atoms with Gasteiger partial charge in [-0.3, -0.25) is 4.79 Å². The van der Waals surface area contributed by atoms with Crippen molar-refractivity contribution < 1.29 is 19.0 Å². The second-order valence-electron chi connectivity index (χ2n) is 10.1. The van der Waals surface area contributed by atoms with E-state index in [1.807, 2.05) is 75.7 Å². The van der Waals surface area contributed by atoms with E-state index < -0.39 is 0 Å². The molecule has 0 aliphatic carbocycles. The fourth-order valence-electron chi connectivity index (χ4n) is 4.42. The number of carbonyl (C=O) groups is 1. The maximum absolute atomic E-state index is 12.4. The number of rotatable bonds is 14. The van der Waals surface area contributed by atoms with E-state index in [4.69, 9.17) is 19.2 Å². The SMILES string of the molecule is C=CC(=O)Nc1cc(Nc2ncc(-c3ccc(OC)cc3)c(Nc3ccccc3OC)n2)c(OC)cc1N(C)CCN(C)C. The molecule has 0 fully saturated rings. The fraction of sp³-hybridized carbons (Fsp3) is 0.242. The van der Waals surface area contributed by atoms with Crippen LogP contribution < -0.4 is 35.1 Å². The van der Waals surface area contributed by atoms with Gasteiger partial charge in [-0.15, -0.1) is 0 Å². The molecule has 4 aromatic rings. The molecular formula is C33H39N7O4. The first-order valence-electron chi connectivity index (χ1n) is 14.0. The number of likely N-dealkylation sites (N-methyl/N-ethyl adjacent to an activating group) is 2. The van der Waals surface area contributed by atoms with Crippen LogP contribution in [0.15, 0.2) is 79.5 Å². The topological polar surface area (TPSA) is 113 Å². The molecule has 44 heavy (non-hydrogen) atoms. The summed E-state index contributed by atoms with van der Waals surface area (Å²) in [7, 11) is 10.8. The Bertz CT molecular complexity index is 1590. The quantitative estimate of drug-likeness (QED) is 0.155. The van der Waals surface area contributed by atoms with E-state index in [1.165, 1.54) is 6.08 Å². The van der Waals surface area contributed by atoms with Gasteiger partial charge in [-0.2, -0.15) is 4.98 Å².